The Morgan fingerprint density at radius 1 is 1.33 bits per heavy atom. The molecule has 18 heavy (non-hydrogen) atoms. The smallest absolute Gasteiger partial charge is 0.129 e. The summed E-state index contributed by atoms with van der Waals surface area (Å²) in [5.74, 6) is -0.294. The number of hydrogen-bond acceptors (Lipinski definition) is 1. The number of halogens is 3. The standard InChI is InChI=1S/C14H12BrClFN/c1-9-4-3-7-18-13(9)8-11(16)14-10(15)5-2-6-12(14)17/h2-7,11H,8H2,1H3. The van der Waals surface area contributed by atoms with E-state index in [0.29, 0.717) is 16.5 Å². The molecule has 0 bridgehead atoms. The average Bonchev–Trinajstić information content (AvgIpc) is 2.32. The highest BCUT2D eigenvalue weighted by atomic mass is 79.9. The minimum absolute atomic E-state index is 0.294. The Labute approximate surface area is 119 Å². The van der Waals surface area contributed by atoms with Crippen molar-refractivity contribution in [3.63, 3.8) is 0 Å². The molecule has 0 aliphatic heterocycles. The summed E-state index contributed by atoms with van der Waals surface area (Å²) in [5.41, 5.74) is 2.45. The molecule has 0 fully saturated rings. The third-order valence-electron chi connectivity index (χ3n) is 2.80. The van der Waals surface area contributed by atoms with Gasteiger partial charge >= 0.3 is 0 Å². The quantitative estimate of drug-likeness (QED) is 0.737. The van der Waals surface area contributed by atoms with Crippen molar-refractivity contribution in [2.75, 3.05) is 0 Å². The van der Waals surface area contributed by atoms with Crippen molar-refractivity contribution < 1.29 is 4.39 Å². The van der Waals surface area contributed by atoms with Gasteiger partial charge in [0.15, 0.2) is 0 Å². The Bertz CT molecular complexity index is 539. The van der Waals surface area contributed by atoms with Crippen LogP contribution >= 0.6 is 27.5 Å². The van der Waals surface area contributed by atoms with E-state index in [4.69, 9.17) is 11.6 Å². The normalized spacial score (nSPS) is 12.4. The van der Waals surface area contributed by atoms with Gasteiger partial charge in [0, 0.05) is 28.3 Å². The zero-order chi connectivity index (χ0) is 13.1. The minimum atomic E-state index is -0.436. The monoisotopic (exact) mass is 327 g/mol. The lowest BCUT2D eigenvalue weighted by Gasteiger charge is -2.13. The van der Waals surface area contributed by atoms with Gasteiger partial charge in [-0.1, -0.05) is 28.1 Å². The number of benzene rings is 1. The molecule has 94 valence electrons. The van der Waals surface area contributed by atoms with E-state index in [1.54, 1.807) is 18.3 Å². The summed E-state index contributed by atoms with van der Waals surface area (Å²) >= 11 is 9.65. The minimum Gasteiger partial charge on any atom is -0.261 e. The van der Waals surface area contributed by atoms with Crippen molar-refractivity contribution in [2.45, 2.75) is 18.7 Å². The van der Waals surface area contributed by atoms with Crippen LogP contribution < -0.4 is 0 Å². The van der Waals surface area contributed by atoms with Gasteiger partial charge in [0.25, 0.3) is 0 Å². The van der Waals surface area contributed by atoms with Gasteiger partial charge in [-0.15, -0.1) is 11.6 Å². The zero-order valence-electron chi connectivity index (χ0n) is 9.83. The summed E-state index contributed by atoms with van der Waals surface area (Å²) < 4.78 is 14.5. The highest BCUT2D eigenvalue weighted by molar-refractivity contribution is 9.10. The van der Waals surface area contributed by atoms with Crippen LogP contribution in [0.25, 0.3) is 0 Å². The Hall–Kier alpha value is -0.930. The number of alkyl halides is 1. The molecular weight excluding hydrogens is 317 g/mol. The molecule has 2 rings (SSSR count). The molecule has 0 amide bonds. The van der Waals surface area contributed by atoms with E-state index >= 15 is 0 Å². The van der Waals surface area contributed by atoms with E-state index in [9.17, 15) is 4.39 Å². The van der Waals surface area contributed by atoms with Crippen LogP contribution in [0, 0.1) is 12.7 Å². The molecule has 1 unspecified atom stereocenters. The Balaban J connectivity index is 2.28. The van der Waals surface area contributed by atoms with Crippen molar-refractivity contribution in [3.05, 3.63) is 63.6 Å². The van der Waals surface area contributed by atoms with Gasteiger partial charge < -0.3 is 0 Å². The summed E-state index contributed by atoms with van der Waals surface area (Å²) in [4.78, 5) is 4.28. The van der Waals surface area contributed by atoms with E-state index in [1.165, 1.54) is 6.07 Å². The van der Waals surface area contributed by atoms with Gasteiger partial charge in [-0.25, -0.2) is 4.39 Å². The van der Waals surface area contributed by atoms with Crippen LogP contribution in [0.2, 0.25) is 0 Å². The molecule has 4 heteroatoms. The summed E-state index contributed by atoms with van der Waals surface area (Å²) in [6.45, 7) is 1.97. The summed E-state index contributed by atoms with van der Waals surface area (Å²) in [6, 6.07) is 8.71. The topological polar surface area (TPSA) is 12.9 Å². The molecule has 0 radical (unpaired) electrons. The first kappa shape index (κ1) is 13.5. The van der Waals surface area contributed by atoms with E-state index < -0.39 is 5.38 Å². The number of pyridine rings is 1. The van der Waals surface area contributed by atoms with Crippen molar-refractivity contribution >= 4 is 27.5 Å². The zero-order valence-corrected chi connectivity index (χ0v) is 12.2. The van der Waals surface area contributed by atoms with Crippen molar-refractivity contribution in [1.29, 1.82) is 0 Å². The molecule has 1 aromatic heterocycles. The van der Waals surface area contributed by atoms with Gasteiger partial charge in [-0.3, -0.25) is 4.98 Å². The lowest BCUT2D eigenvalue weighted by Crippen LogP contribution is -2.03. The Morgan fingerprint density at radius 3 is 2.78 bits per heavy atom. The fourth-order valence-electron chi connectivity index (χ4n) is 1.81. The first-order chi connectivity index (χ1) is 8.59. The molecule has 2 aromatic rings. The first-order valence-corrected chi connectivity index (χ1v) is 6.81. The Morgan fingerprint density at radius 2 is 2.11 bits per heavy atom. The molecule has 1 heterocycles. The van der Waals surface area contributed by atoms with Crippen LogP contribution in [0.5, 0.6) is 0 Å². The number of rotatable bonds is 3. The lowest BCUT2D eigenvalue weighted by atomic mass is 10.0. The number of aryl methyl sites for hydroxylation is 1. The number of aromatic nitrogens is 1. The highest BCUT2D eigenvalue weighted by Gasteiger charge is 2.18. The van der Waals surface area contributed by atoms with E-state index in [2.05, 4.69) is 20.9 Å². The fraction of sp³-hybridized carbons (Fsp3) is 0.214. The highest BCUT2D eigenvalue weighted by Crippen LogP contribution is 2.33. The molecule has 1 aromatic carbocycles. The maximum atomic E-state index is 13.8. The maximum absolute atomic E-state index is 13.8. The molecule has 1 atom stereocenters. The van der Waals surface area contributed by atoms with Gasteiger partial charge in [0.2, 0.25) is 0 Å². The van der Waals surface area contributed by atoms with Crippen molar-refractivity contribution in [1.82, 2.24) is 4.98 Å². The maximum Gasteiger partial charge on any atom is 0.129 e. The molecule has 0 aliphatic rings. The summed E-state index contributed by atoms with van der Waals surface area (Å²) in [7, 11) is 0. The van der Waals surface area contributed by atoms with Crippen LogP contribution in [0.4, 0.5) is 4.39 Å². The summed E-state index contributed by atoms with van der Waals surface area (Å²) in [6.07, 6.45) is 2.23. The van der Waals surface area contributed by atoms with Crippen molar-refractivity contribution in [2.24, 2.45) is 0 Å². The first-order valence-electron chi connectivity index (χ1n) is 5.58. The largest absolute Gasteiger partial charge is 0.261 e. The fourth-order valence-corrected chi connectivity index (χ4v) is 2.93. The second kappa shape index (κ2) is 5.81. The van der Waals surface area contributed by atoms with Gasteiger partial charge in [-0.2, -0.15) is 0 Å². The molecule has 0 saturated heterocycles. The SMILES string of the molecule is Cc1cccnc1CC(Cl)c1c(F)cccc1Br. The van der Waals surface area contributed by atoms with E-state index in [1.807, 2.05) is 19.1 Å². The third-order valence-corrected chi connectivity index (χ3v) is 3.87. The van der Waals surface area contributed by atoms with Crippen LogP contribution in [0.1, 0.15) is 22.2 Å². The molecule has 0 saturated carbocycles. The van der Waals surface area contributed by atoms with E-state index in [-0.39, 0.29) is 5.82 Å². The molecule has 0 N–H and O–H groups in total. The van der Waals surface area contributed by atoms with E-state index in [0.717, 1.165) is 11.3 Å². The molecule has 1 nitrogen and oxygen atoms in total. The number of nitrogens with zero attached hydrogens (tertiary/aromatic N) is 1. The molecular formula is C14H12BrClFN. The van der Waals surface area contributed by atoms with Gasteiger partial charge in [0.1, 0.15) is 5.82 Å². The summed E-state index contributed by atoms with van der Waals surface area (Å²) in [5, 5.41) is -0.436. The predicted molar refractivity (Wildman–Crippen MR) is 75.4 cm³/mol. The van der Waals surface area contributed by atoms with Crippen LogP contribution in [-0.4, -0.2) is 4.98 Å². The second-order valence-electron chi connectivity index (χ2n) is 4.07. The van der Waals surface area contributed by atoms with Crippen LogP contribution in [-0.2, 0) is 6.42 Å². The van der Waals surface area contributed by atoms with Gasteiger partial charge in [0.05, 0.1) is 5.38 Å². The predicted octanol–water partition coefficient (Wildman–Crippen LogP) is 4.81. The average molecular weight is 329 g/mol. The molecule has 0 aliphatic carbocycles. The number of hydrogen-bond donors (Lipinski definition) is 0. The third kappa shape index (κ3) is 2.90. The van der Waals surface area contributed by atoms with Crippen LogP contribution in [0.3, 0.4) is 0 Å². The Kier molecular flexibility index (Phi) is 4.36. The van der Waals surface area contributed by atoms with Crippen molar-refractivity contribution in [3.8, 4) is 0 Å². The molecule has 0 spiro atoms. The second-order valence-corrected chi connectivity index (χ2v) is 5.46. The van der Waals surface area contributed by atoms with Crippen LogP contribution in [0.15, 0.2) is 41.0 Å². The lowest BCUT2D eigenvalue weighted by molar-refractivity contribution is 0.603. The van der Waals surface area contributed by atoms with Gasteiger partial charge in [-0.05, 0) is 30.7 Å².